The Morgan fingerprint density at radius 3 is 2.63 bits per heavy atom. The van der Waals surface area contributed by atoms with Crippen LogP contribution in [0.15, 0.2) is 83.7 Å². The molecule has 1 unspecified atom stereocenters. The predicted molar refractivity (Wildman–Crippen MR) is 138 cm³/mol. The van der Waals surface area contributed by atoms with Crippen molar-refractivity contribution in [3.8, 4) is 0 Å². The van der Waals surface area contributed by atoms with Crippen LogP contribution in [0.1, 0.15) is 17.7 Å². The third kappa shape index (κ3) is 8.82. The number of hydrazine groups is 1. The fourth-order valence-electron chi connectivity index (χ4n) is 3.43. The molecule has 0 saturated carbocycles. The van der Waals surface area contributed by atoms with Crippen molar-refractivity contribution in [3.63, 3.8) is 0 Å². The highest BCUT2D eigenvalue weighted by Crippen LogP contribution is 2.08. The monoisotopic (exact) mass is 525 g/mol. The van der Waals surface area contributed by atoms with E-state index < -0.39 is 23.5 Å². The van der Waals surface area contributed by atoms with Crippen LogP contribution in [-0.4, -0.2) is 39.1 Å². The summed E-state index contributed by atoms with van der Waals surface area (Å²) in [6, 6.07) is 14.6. The number of rotatable bonds is 12. The number of hydrogen-bond acceptors (Lipinski definition) is 7. The minimum atomic E-state index is -1.42. The van der Waals surface area contributed by atoms with Crippen LogP contribution in [0.5, 0.6) is 0 Å². The number of carbonyl (C=O) groups is 2. The average molecular weight is 526 g/mol. The van der Waals surface area contributed by atoms with Crippen molar-refractivity contribution in [2.45, 2.75) is 32.1 Å². The van der Waals surface area contributed by atoms with Gasteiger partial charge in [-0.05, 0) is 30.2 Å². The maximum atomic E-state index is 14.5. The van der Waals surface area contributed by atoms with E-state index in [-0.39, 0.29) is 49.8 Å². The lowest BCUT2D eigenvalue weighted by Gasteiger charge is -2.17. The van der Waals surface area contributed by atoms with E-state index in [4.69, 9.17) is 11.6 Å². The minimum absolute atomic E-state index is 0.00634. The van der Waals surface area contributed by atoms with Crippen molar-refractivity contribution < 1.29 is 18.4 Å². The van der Waals surface area contributed by atoms with Gasteiger partial charge >= 0.3 is 0 Å². The lowest BCUT2D eigenvalue weighted by molar-refractivity contribution is -0.118. The third-order valence-electron chi connectivity index (χ3n) is 5.40. The van der Waals surface area contributed by atoms with Gasteiger partial charge in [-0.15, -0.1) is 0 Å². The fourth-order valence-corrected chi connectivity index (χ4v) is 3.43. The van der Waals surface area contributed by atoms with Crippen molar-refractivity contribution in [1.29, 1.82) is 0 Å². The lowest BCUT2D eigenvalue weighted by Crippen LogP contribution is -2.34. The van der Waals surface area contributed by atoms with Crippen LogP contribution in [0, 0.1) is 5.82 Å². The first kappa shape index (κ1) is 28.0. The van der Waals surface area contributed by atoms with Gasteiger partial charge in [-0.2, -0.15) is 0 Å². The summed E-state index contributed by atoms with van der Waals surface area (Å²) in [7, 11) is 0. The minimum Gasteiger partial charge on any atom is -0.393 e. The molecule has 200 valence electrons. The first-order valence-corrected chi connectivity index (χ1v) is 11.8. The summed E-state index contributed by atoms with van der Waals surface area (Å²) in [6.45, 7) is -0.381. The Morgan fingerprint density at radius 1 is 1.16 bits per heavy atom. The van der Waals surface area contributed by atoms with Gasteiger partial charge in [0.2, 0.25) is 5.91 Å². The summed E-state index contributed by atoms with van der Waals surface area (Å²) in [4.78, 5) is 40.5. The molecule has 1 atom stereocenters. The van der Waals surface area contributed by atoms with Crippen molar-refractivity contribution in [2.75, 3.05) is 11.9 Å². The first-order chi connectivity index (χ1) is 18.2. The third-order valence-corrected chi connectivity index (χ3v) is 5.40. The topological polar surface area (TPSA) is 148 Å². The molecular weight excluding hydrogens is 496 g/mol. The molecule has 10 nitrogen and oxygen atoms in total. The number of nitrogens with zero attached hydrogens (tertiary/aromatic N) is 3. The van der Waals surface area contributed by atoms with Crippen LogP contribution >= 0.6 is 0 Å². The number of alkyl halides is 1. The van der Waals surface area contributed by atoms with Gasteiger partial charge in [0.1, 0.15) is 17.7 Å². The molecule has 0 aliphatic carbocycles. The van der Waals surface area contributed by atoms with Gasteiger partial charge in [0, 0.05) is 36.9 Å². The van der Waals surface area contributed by atoms with Crippen molar-refractivity contribution >= 4 is 17.5 Å². The van der Waals surface area contributed by atoms with Crippen LogP contribution in [-0.2, 0) is 29.1 Å². The number of pyridine rings is 2. The van der Waals surface area contributed by atoms with Gasteiger partial charge < -0.3 is 25.9 Å². The van der Waals surface area contributed by atoms with Gasteiger partial charge in [-0.25, -0.2) is 14.6 Å². The molecule has 3 aromatic rings. The van der Waals surface area contributed by atoms with E-state index in [1.54, 1.807) is 0 Å². The SMILES string of the molecule is N/C(=C\N(N)CCC(F)Cn1ccc(NC(=O)Cc2ccccc2)cc1=O)C(=O)NCc1ncccc1F. The first-order valence-electron chi connectivity index (χ1n) is 11.8. The van der Waals surface area contributed by atoms with Gasteiger partial charge in [-0.3, -0.25) is 19.4 Å². The number of hydrogen-bond donors (Lipinski definition) is 4. The Hall–Kier alpha value is -4.58. The summed E-state index contributed by atoms with van der Waals surface area (Å²) >= 11 is 0. The number of halogens is 2. The van der Waals surface area contributed by atoms with E-state index in [2.05, 4.69) is 15.6 Å². The highest BCUT2D eigenvalue weighted by molar-refractivity contribution is 5.92. The molecule has 0 fully saturated rings. The second-order valence-electron chi connectivity index (χ2n) is 8.44. The Bertz CT molecular complexity index is 1330. The Balaban J connectivity index is 1.44. The summed E-state index contributed by atoms with van der Waals surface area (Å²) in [5.74, 6) is 4.26. The maximum Gasteiger partial charge on any atom is 0.269 e. The summed E-state index contributed by atoms with van der Waals surface area (Å²) in [5.41, 5.74) is 6.19. The van der Waals surface area contributed by atoms with E-state index >= 15 is 0 Å². The van der Waals surface area contributed by atoms with Crippen LogP contribution in [0.25, 0.3) is 0 Å². The Morgan fingerprint density at radius 2 is 1.92 bits per heavy atom. The Labute approximate surface area is 217 Å². The fraction of sp³-hybridized carbons (Fsp3) is 0.231. The Kier molecular flexibility index (Phi) is 10.1. The van der Waals surface area contributed by atoms with Crippen LogP contribution in [0.2, 0.25) is 0 Å². The number of nitrogens with one attached hydrogen (secondary N) is 2. The van der Waals surface area contributed by atoms with E-state index in [1.165, 1.54) is 41.2 Å². The van der Waals surface area contributed by atoms with Crippen molar-refractivity contribution in [1.82, 2.24) is 19.9 Å². The zero-order chi connectivity index (χ0) is 27.5. The average Bonchev–Trinajstić information content (AvgIpc) is 2.89. The van der Waals surface area contributed by atoms with E-state index in [9.17, 15) is 23.2 Å². The molecule has 0 aliphatic rings. The number of amides is 2. The molecule has 6 N–H and O–H groups in total. The van der Waals surface area contributed by atoms with Crippen LogP contribution in [0.3, 0.4) is 0 Å². The van der Waals surface area contributed by atoms with Gasteiger partial charge in [0.05, 0.1) is 25.2 Å². The number of benzene rings is 1. The predicted octanol–water partition coefficient (Wildman–Crippen LogP) is 1.58. The van der Waals surface area contributed by atoms with Crippen molar-refractivity contribution in [2.24, 2.45) is 11.6 Å². The maximum absolute atomic E-state index is 14.5. The number of aromatic nitrogens is 2. The molecule has 3 rings (SSSR count). The standard InChI is InChI=1S/C26H29F2N7O3/c27-19(8-12-35(30)17-22(29)26(38)32-15-23-21(28)7-4-10-31-23)16-34-11-9-20(14-25(34)37)33-24(36)13-18-5-2-1-3-6-18/h1-7,9-11,14,17,19H,8,12-13,15-16,29-30H2,(H,32,38)(H,33,36)/b22-17-. The van der Waals surface area contributed by atoms with Gasteiger partial charge in [-0.1, -0.05) is 30.3 Å². The van der Waals surface area contributed by atoms with Crippen LogP contribution < -0.4 is 27.8 Å². The smallest absolute Gasteiger partial charge is 0.269 e. The molecule has 12 heteroatoms. The molecule has 1 aromatic carbocycles. The summed E-state index contributed by atoms with van der Waals surface area (Å²) < 4.78 is 29.3. The van der Waals surface area contributed by atoms with Crippen LogP contribution in [0.4, 0.5) is 14.5 Å². The molecule has 0 saturated heterocycles. The zero-order valence-corrected chi connectivity index (χ0v) is 20.5. The summed E-state index contributed by atoms with van der Waals surface area (Å²) in [6.07, 6.45) is 2.62. The largest absolute Gasteiger partial charge is 0.393 e. The summed E-state index contributed by atoms with van der Waals surface area (Å²) in [5, 5.41) is 6.13. The number of anilines is 1. The zero-order valence-electron chi connectivity index (χ0n) is 20.5. The molecular formula is C26H29F2N7O3. The van der Waals surface area contributed by atoms with E-state index in [0.29, 0.717) is 5.69 Å². The normalized spacial score (nSPS) is 12.0. The molecule has 38 heavy (non-hydrogen) atoms. The van der Waals surface area contributed by atoms with Gasteiger partial charge in [0.25, 0.3) is 11.5 Å². The molecule has 0 spiro atoms. The molecule has 2 amide bonds. The van der Waals surface area contributed by atoms with E-state index in [0.717, 1.165) is 16.8 Å². The lowest BCUT2D eigenvalue weighted by atomic mass is 10.1. The molecule has 2 aromatic heterocycles. The van der Waals surface area contributed by atoms with Crippen molar-refractivity contribution in [3.05, 3.63) is 106 Å². The number of nitrogens with two attached hydrogens (primary N) is 2. The molecule has 0 bridgehead atoms. The molecule has 2 heterocycles. The van der Waals surface area contributed by atoms with Gasteiger partial charge in [0.15, 0.2) is 0 Å². The number of carbonyl (C=O) groups excluding carboxylic acids is 2. The quantitative estimate of drug-likeness (QED) is 0.159. The second kappa shape index (κ2) is 13.7. The highest BCUT2D eigenvalue weighted by Gasteiger charge is 2.13. The van der Waals surface area contributed by atoms with E-state index in [1.807, 2.05) is 30.3 Å². The molecule has 0 aliphatic heterocycles. The second-order valence-corrected chi connectivity index (χ2v) is 8.44. The highest BCUT2D eigenvalue weighted by atomic mass is 19.1. The molecule has 0 radical (unpaired) electrons.